The van der Waals surface area contributed by atoms with Gasteiger partial charge in [0.05, 0.1) is 55.9 Å². The van der Waals surface area contributed by atoms with Crippen LogP contribution >= 0.6 is 0 Å². The average Bonchev–Trinajstić information content (AvgIpc) is 2.97. The third kappa shape index (κ3) is 8.14. The molecule has 3 saturated heterocycles. The average molecular weight is 685 g/mol. The first-order valence-electron chi connectivity index (χ1n) is 17.7. The van der Waals surface area contributed by atoms with Crippen LogP contribution in [-0.4, -0.2) is 77.9 Å². The molecule has 3 fully saturated rings. The molecular formula is C38H60O7Si2. The largest absolute Gasteiger partial charge is 0.414 e. The Balaban J connectivity index is 1.32. The number of carbonyl (C=O) groups is 1. The first-order valence-corrected chi connectivity index (χ1v) is 23.5. The second kappa shape index (κ2) is 13.7. The van der Waals surface area contributed by atoms with Crippen molar-refractivity contribution < 1.29 is 32.6 Å². The van der Waals surface area contributed by atoms with Gasteiger partial charge in [0.15, 0.2) is 16.6 Å². The molecule has 8 atom stereocenters. The Morgan fingerprint density at radius 2 is 1.47 bits per heavy atom. The van der Waals surface area contributed by atoms with E-state index in [-0.39, 0.29) is 52.8 Å². The van der Waals surface area contributed by atoms with Gasteiger partial charge in [-0.05, 0) is 65.6 Å². The van der Waals surface area contributed by atoms with E-state index in [1.807, 2.05) is 0 Å². The van der Waals surface area contributed by atoms with Crippen LogP contribution in [0.4, 0.5) is 0 Å². The van der Waals surface area contributed by atoms with Gasteiger partial charge in [0.1, 0.15) is 11.9 Å². The highest BCUT2D eigenvalue weighted by molar-refractivity contribution is 6.74. The van der Waals surface area contributed by atoms with Gasteiger partial charge in [-0.25, -0.2) is 0 Å². The van der Waals surface area contributed by atoms with Gasteiger partial charge < -0.3 is 32.6 Å². The SMILES string of the molecule is CC(C)(C)[Si](C)(C)OC[C@@]1(C)O[C@H]2C[C@H]3O[C@@H](CC=O)[C@H](OCc4ccc5ccccc5c4)C[C@@H]3O[C@@H]2C[C@@H]1O[Si](C)(C)C(C)(C)C. The lowest BCUT2D eigenvalue weighted by molar-refractivity contribution is -0.303. The van der Waals surface area contributed by atoms with Crippen molar-refractivity contribution in [2.24, 2.45) is 0 Å². The second-order valence-corrected chi connectivity index (χ2v) is 27.0. The number of hydrogen-bond donors (Lipinski definition) is 0. The molecule has 0 aromatic heterocycles. The van der Waals surface area contributed by atoms with Gasteiger partial charge in [-0.15, -0.1) is 0 Å². The van der Waals surface area contributed by atoms with Crippen molar-refractivity contribution in [3.05, 3.63) is 48.0 Å². The van der Waals surface area contributed by atoms with Crippen LogP contribution in [0.2, 0.25) is 36.3 Å². The van der Waals surface area contributed by atoms with E-state index in [4.69, 9.17) is 27.8 Å². The fourth-order valence-corrected chi connectivity index (χ4v) is 9.06. The first-order chi connectivity index (χ1) is 21.8. The van der Waals surface area contributed by atoms with E-state index >= 15 is 0 Å². The highest BCUT2D eigenvalue weighted by atomic mass is 28.4. The van der Waals surface area contributed by atoms with E-state index in [1.54, 1.807) is 0 Å². The van der Waals surface area contributed by atoms with E-state index in [0.29, 0.717) is 32.5 Å². The van der Waals surface area contributed by atoms with Gasteiger partial charge in [-0.1, -0.05) is 77.9 Å². The van der Waals surface area contributed by atoms with E-state index in [0.717, 1.165) is 18.3 Å². The van der Waals surface area contributed by atoms with Crippen LogP contribution in [0.3, 0.4) is 0 Å². The maximum Gasteiger partial charge on any atom is 0.192 e. The normalized spacial score (nSPS) is 32.1. The molecule has 0 amide bonds. The Morgan fingerprint density at radius 1 is 0.830 bits per heavy atom. The van der Waals surface area contributed by atoms with Crippen LogP contribution in [-0.2, 0) is 39.2 Å². The van der Waals surface area contributed by atoms with Crippen molar-refractivity contribution in [2.45, 2.75) is 165 Å². The van der Waals surface area contributed by atoms with Gasteiger partial charge in [0.25, 0.3) is 0 Å². The minimum absolute atomic E-state index is 0.0595. The topological polar surface area (TPSA) is 72.5 Å². The molecule has 262 valence electrons. The highest BCUT2D eigenvalue weighted by Crippen LogP contribution is 2.46. The Hall–Kier alpha value is -1.44. The van der Waals surface area contributed by atoms with Crippen LogP contribution in [0.15, 0.2) is 42.5 Å². The second-order valence-electron chi connectivity index (χ2n) is 17.5. The molecule has 3 aliphatic rings. The summed E-state index contributed by atoms with van der Waals surface area (Å²) in [5.41, 5.74) is 0.482. The van der Waals surface area contributed by atoms with Crippen LogP contribution < -0.4 is 0 Å². The van der Waals surface area contributed by atoms with Crippen molar-refractivity contribution in [3.63, 3.8) is 0 Å². The number of benzene rings is 2. The lowest BCUT2D eigenvalue weighted by Crippen LogP contribution is -2.66. The van der Waals surface area contributed by atoms with Gasteiger partial charge in [-0.2, -0.15) is 0 Å². The van der Waals surface area contributed by atoms with Crippen molar-refractivity contribution in [3.8, 4) is 0 Å². The maximum atomic E-state index is 11.7. The van der Waals surface area contributed by atoms with Gasteiger partial charge in [-0.3, -0.25) is 0 Å². The van der Waals surface area contributed by atoms with E-state index in [2.05, 4.69) is 117 Å². The molecule has 2 aromatic rings. The fourth-order valence-electron chi connectivity index (χ4n) is 6.57. The third-order valence-corrected chi connectivity index (χ3v) is 20.8. The Kier molecular flexibility index (Phi) is 10.7. The molecule has 9 heteroatoms. The highest BCUT2D eigenvalue weighted by Gasteiger charge is 2.56. The first kappa shape index (κ1) is 36.8. The summed E-state index contributed by atoms with van der Waals surface area (Å²) in [5, 5.41) is 2.54. The molecule has 0 bridgehead atoms. The number of ether oxygens (including phenoxy) is 4. The summed E-state index contributed by atoms with van der Waals surface area (Å²) >= 11 is 0. The van der Waals surface area contributed by atoms with E-state index in [1.165, 1.54) is 10.8 Å². The summed E-state index contributed by atoms with van der Waals surface area (Å²) in [6.07, 6.45) is 2.11. The third-order valence-electron chi connectivity index (χ3n) is 11.8. The summed E-state index contributed by atoms with van der Waals surface area (Å²) in [5.74, 6) is 0. The zero-order valence-electron chi connectivity index (χ0n) is 30.8. The molecule has 7 nitrogen and oxygen atoms in total. The lowest BCUT2D eigenvalue weighted by Gasteiger charge is -2.56. The van der Waals surface area contributed by atoms with Crippen molar-refractivity contribution in [1.29, 1.82) is 0 Å². The fraction of sp³-hybridized carbons (Fsp3) is 0.711. The van der Waals surface area contributed by atoms with E-state index in [9.17, 15) is 4.79 Å². The van der Waals surface area contributed by atoms with Crippen molar-refractivity contribution in [1.82, 2.24) is 0 Å². The molecule has 0 radical (unpaired) electrons. The lowest BCUT2D eigenvalue weighted by atomic mass is 9.83. The molecule has 2 aromatic carbocycles. The molecule has 3 heterocycles. The van der Waals surface area contributed by atoms with Crippen LogP contribution in [0.25, 0.3) is 10.8 Å². The number of hydrogen-bond acceptors (Lipinski definition) is 7. The predicted octanol–water partition coefficient (Wildman–Crippen LogP) is 8.59. The molecule has 47 heavy (non-hydrogen) atoms. The maximum absolute atomic E-state index is 11.7. The van der Waals surface area contributed by atoms with Crippen molar-refractivity contribution in [2.75, 3.05) is 6.61 Å². The molecular weight excluding hydrogens is 625 g/mol. The number of fused-ring (bicyclic) bond motifs is 3. The van der Waals surface area contributed by atoms with Crippen LogP contribution in [0, 0.1) is 0 Å². The summed E-state index contributed by atoms with van der Waals surface area (Å²) in [6.45, 7) is 26.0. The van der Waals surface area contributed by atoms with Gasteiger partial charge in [0, 0.05) is 25.7 Å². The summed E-state index contributed by atoms with van der Waals surface area (Å²) in [6, 6.07) is 14.7. The Morgan fingerprint density at radius 3 is 2.13 bits per heavy atom. The smallest absolute Gasteiger partial charge is 0.192 e. The molecule has 0 unspecified atom stereocenters. The quantitative estimate of drug-likeness (QED) is 0.183. The monoisotopic (exact) mass is 684 g/mol. The number of rotatable bonds is 10. The zero-order chi connectivity index (χ0) is 34.4. The summed E-state index contributed by atoms with van der Waals surface area (Å²) in [4.78, 5) is 11.7. The van der Waals surface area contributed by atoms with Crippen LogP contribution in [0.1, 0.15) is 79.7 Å². The van der Waals surface area contributed by atoms with E-state index < -0.39 is 22.2 Å². The van der Waals surface area contributed by atoms with Crippen molar-refractivity contribution >= 4 is 33.7 Å². The number of aldehydes is 1. The summed E-state index contributed by atoms with van der Waals surface area (Å²) in [7, 11) is -4.16. The van der Waals surface area contributed by atoms with Crippen LogP contribution in [0.5, 0.6) is 0 Å². The predicted molar refractivity (Wildman–Crippen MR) is 193 cm³/mol. The molecule has 0 saturated carbocycles. The van der Waals surface area contributed by atoms with Gasteiger partial charge in [0.2, 0.25) is 0 Å². The molecule has 5 rings (SSSR count). The molecule has 0 spiro atoms. The minimum Gasteiger partial charge on any atom is -0.414 e. The Labute approximate surface area is 285 Å². The minimum atomic E-state index is -2.13. The Bertz CT molecular complexity index is 1380. The molecule has 3 aliphatic heterocycles. The summed E-state index contributed by atoms with van der Waals surface area (Å²) < 4.78 is 41.0. The standard InChI is InChI=1S/C38H60O7Si2/c1-36(2,3)46(8,9)41-25-38(7)35(45-47(10,11)37(4,5)6)23-33-34(44-38)22-32-31(43-33)21-30(29(42-32)18-19-39)40-24-26-16-17-27-14-12-13-15-28(27)20-26/h12-17,19-20,29-35H,18,21-25H2,1-11H3/t29-,30+,31-,32+,33+,34-,35-,38+/m0/s1. The zero-order valence-corrected chi connectivity index (χ0v) is 32.8. The molecule has 0 N–H and O–H groups in total. The molecule has 0 aliphatic carbocycles. The number of carbonyl (C=O) groups excluding carboxylic acids is 1. The van der Waals surface area contributed by atoms with Gasteiger partial charge >= 0.3 is 0 Å².